The molecular formula is C10H11NO4. The predicted octanol–water partition coefficient (Wildman–Crippen LogP) is 1.95. The van der Waals surface area contributed by atoms with Crippen molar-refractivity contribution in [2.24, 2.45) is 0 Å². The largest absolute Gasteiger partial charge is 0.486 e. The predicted molar refractivity (Wildman–Crippen MR) is 53.9 cm³/mol. The van der Waals surface area contributed by atoms with Gasteiger partial charge in [-0.2, -0.15) is 0 Å². The van der Waals surface area contributed by atoms with E-state index in [0.717, 1.165) is 0 Å². The van der Waals surface area contributed by atoms with E-state index in [4.69, 9.17) is 4.74 Å². The van der Waals surface area contributed by atoms with Crippen molar-refractivity contribution in [3.63, 3.8) is 0 Å². The maximum absolute atomic E-state index is 10.9. The second kappa shape index (κ2) is 5.09. The summed E-state index contributed by atoms with van der Waals surface area (Å²) < 4.78 is 5.10. The molecule has 0 spiro atoms. The van der Waals surface area contributed by atoms with Crippen LogP contribution in [0.3, 0.4) is 0 Å². The fourth-order valence-electron chi connectivity index (χ4n) is 0.953. The smallest absolute Gasteiger partial charge is 0.273 e. The van der Waals surface area contributed by atoms with Gasteiger partial charge < -0.3 is 4.74 Å². The van der Waals surface area contributed by atoms with Crippen molar-refractivity contribution in [2.75, 3.05) is 6.61 Å². The van der Waals surface area contributed by atoms with Gasteiger partial charge in [-0.1, -0.05) is 13.0 Å². The number of benzene rings is 1. The quantitative estimate of drug-likeness (QED) is 0.549. The van der Waals surface area contributed by atoms with Gasteiger partial charge in [0.15, 0.2) is 5.78 Å². The number of hydrogen-bond donors (Lipinski definition) is 0. The number of carbonyl (C=O) groups is 1. The summed E-state index contributed by atoms with van der Waals surface area (Å²) >= 11 is 0. The standard InChI is InChI=1S/C10H11NO4/c1-2-9(12)7-15-10-5-3-4-8(6-10)11(13)14/h3-6H,2,7H2,1H3. The highest BCUT2D eigenvalue weighted by molar-refractivity contribution is 5.79. The van der Waals surface area contributed by atoms with Gasteiger partial charge in [0.05, 0.1) is 11.0 Å². The van der Waals surface area contributed by atoms with Crippen LogP contribution in [-0.2, 0) is 4.79 Å². The average Bonchev–Trinajstić information content (AvgIpc) is 2.26. The monoisotopic (exact) mass is 209 g/mol. The Morgan fingerprint density at radius 1 is 1.53 bits per heavy atom. The molecule has 0 bridgehead atoms. The molecule has 15 heavy (non-hydrogen) atoms. The molecule has 0 atom stereocenters. The van der Waals surface area contributed by atoms with Crippen molar-refractivity contribution in [1.29, 1.82) is 0 Å². The van der Waals surface area contributed by atoms with Crippen LogP contribution < -0.4 is 4.74 Å². The number of nitro benzene ring substituents is 1. The lowest BCUT2D eigenvalue weighted by atomic mass is 10.3. The Kier molecular flexibility index (Phi) is 3.79. The number of Topliss-reactive ketones (excluding diaryl/α,β-unsaturated/α-hetero) is 1. The lowest BCUT2D eigenvalue weighted by molar-refractivity contribution is -0.384. The fraction of sp³-hybridized carbons (Fsp3) is 0.300. The number of non-ortho nitro benzene ring substituents is 1. The highest BCUT2D eigenvalue weighted by Gasteiger charge is 2.07. The molecule has 0 amide bonds. The lowest BCUT2D eigenvalue weighted by Gasteiger charge is -2.03. The van der Waals surface area contributed by atoms with E-state index in [1.54, 1.807) is 13.0 Å². The minimum absolute atomic E-state index is 0.0403. The molecule has 5 nitrogen and oxygen atoms in total. The molecule has 0 unspecified atom stereocenters. The van der Waals surface area contributed by atoms with Crippen LogP contribution in [0.5, 0.6) is 5.75 Å². The van der Waals surface area contributed by atoms with Crippen LogP contribution in [-0.4, -0.2) is 17.3 Å². The summed E-state index contributed by atoms with van der Waals surface area (Å²) in [5.41, 5.74) is -0.0450. The van der Waals surface area contributed by atoms with Gasteiger partial charge in [0, 0.05) is 12.5 Å². The molecule has 0 radical (unpaired) electrons. The van der Waals surface area contributed by atoms with E-state index >= 15 is 0 Å². The van der Waals surface area contributed by atoms with Crippen LogP contribution in [0.2, 0.25) is 0 Å². The minimum Gasteiger partial charge on any atom is -0.486 e. The van der Waals surface area contributed by atoms with E-state index in [-0.39, 0.29) is 18.1 Å². The van der Waals surface area contributed by atoms with Gasteiger partial charge in [0.1, 0.15) is 12.4 Å². The Morgan fingerprint density at radius 3 is 2.87 bits per heavy atom. The maximum Gasteiger partial charge on any atom is 0.273 e. The zero-order valence-corrected chi connectivity index (χ0v) is 8.30. The van der Waals surface area contributed by atoms with E-state index in [1.165, 1.54) is 18.2 Å². The van der Waals surface area contributed by atoms with Crippen LogP contribution >= 0.6 is 0 Å². The van der Waals surface area contributed by atoms with Crippen LogP contribution in [0.1, 0.15) is 13.3 Å². The van der Waals surface area contributed by atoms with Crippen molar-refractivity contribution in [3.05, 3.63) is 34.4 Å². The molecule has 0 aliphatic rings. The SMILES string of the molecule is CCC(=O)COc1cccc([N+](=O)[O-])c1. The third kappa shape index (κ3) is 3.38. The number of ketones is 1. The zero-order valence-electron chi connectivity index (χ0n) is 8.30. The van der Waals surface area contributed by atoms with Gasteiger partial charge in [0.25, 0.3) is 5.69 Å². The van der Waals surface area contributed by atoms with Gasteiger partial charge in [-0.3, -0.25) is 14.9 Å². The number of carbonyl (C=O) groups excluding carboxylic acids is 1. The molecule has 0 N–H and O–H groups in total. The summed E-state index contributed by atoms with van der Waals surface area (Å²) in [5.74, 6) is 0.299. The zero-order chi connectivity index (χ0) is 11.3. The van der Waals surface area contributed by atoms with E-state index in [0.29, 0.717) is 12.2 Å². The summed E-state index contributed by atoms with van der Waals surface area (Å²) in [6, 6.07) is 5.76. The Morgan fingerprint density at radius 2 is 2.27 bits per heavy atom. The first kappa shape index (κ1) is 11.2. The highest BCUT2D eigenvalue weighted by Crippen LogP contribution is 2.18. The Bertz CT molecular complexity index is 375. The van der Waals surface area contributed by atoms with Crippen LogP contribution in [0.4, 0.5) is 5.69 Å². The average molecular weight is 209 g/mol. The number of nitrogens with zero attached hydrogens (tertiary/aromatic N) is 1. The molecule has 1 rings (SSSR count). The first-order valence-electron chi connectivity index (χ1n) is 4.52. The lowest BCUT2D eigenvalue weighted by Crippen LogP contribution is -2.09. The van der Waals surface area contributed by atoms with E-state index < -0.39 is 4.92 Å². The topological polar surface area (TPSA) is 69.4 Å². The molecule has 0 fully saturated rings. The first-order valence-corrected chi connectivity index (χ1v) is 4.52. The van der Waals surface area contributed by atoms with Gasteiger partial charge in [-0.25, -0.2) is 0 Å². The van der Waals surface area contributed by atoms with Crippen molar-refractivity contribution in [3.8, 4) is 5.75 Å². The second-order valence-electron chi connectivity index (χ2n) is 2.94. The van der Waals surface area contributed by atoms with Gasteiger partial charge in [-0.15, -0.1) is 0 Å². The van der Waals surface area contributed by atoms with Crippen molar-refractivity contribution < 1.29 is 14.5 Å². The summed E-state index contributed by atoms with van der Waals surface area (Å²) in [6.45, 7) is 1.69. The fourth-order valence-corrected chi connectivity index (χ4v) is 0.953. The highest BCUT2D eigenvalue weighted by atomic mass is 16.6. The number of hydrogen-bond acceptors (Lipinski definition) is 4. The molecule has 1 aromatic carbocycles. The Labute approximate surface area is 86.8 Å². The molecule has 1 aromatic rings. The van der Waals surface area contributed by atoms with Crippen LogP contribution in [0, 0.1) is 10.1 Å². The molecular weight excluding hydrogens is 198 g/mol. The minimum atomic E-state index is -0.505. The Hall–Kier alpha value is -1.91. The third-order valence-electron chi connectivity index (χ3n) is 1.82. The van der Waals surface area contributed by atoms with Gasteiger partial charge in [0.2, 0.25) is 0 Å². The second-order valence-corrected chi connectivity index (χ2v) is 2.94. The van der Waals surface area contributed by atoms with Crippen LogP contribution in [0.25, 0.3) is 0 Å². The molecule has 0 aliphatic heterocycles. The molecule has 0 saturated carbocycles. The van der Waals surface area contributed by atoms with E-state index in [1.807, 2.05) is 0 Å². The summed E-state index contributed by atoms with van der Waals surface area (Å²) in [5, 5.41) is 10.4. The Balaban J connectivity index is 2.66. The maximum atomic E-state index is 10.9. The molecule has 0 saturated heterocycles. The molecule has 0 aliphatic carbocycles. The molecule has 5 heteroatoms. The third-order valence-corrected chi connectivity index (χ3v) is 1.82. The van der Waals surface area contributed by atoms with Crippen molar-refractivity contribution >= 4 is 11.5 Å². The number of ether oxygens (including phenoxy) is 1. The van der Waals surface area contributed by atoms with Gasteiger partial charge >= 0.3 is 0 Å². The normalized spacial score (nSPS) is 9.67. The first-order chi connectivity index (χ1) is 7.13. The summed E-state index contributed by atoms with van der Waals surface area (Å²) in [4.78, 5) is 20.9. The van der Waals surface area contributed by atoms with Crippen LogP contribution in [0.15, 0.2) is 24.3 Å². The molecule has 0 heterocycles. The van der Waals surface area contributed by atoms with E-state index in [2.05, 4.69) is 0 Å². The van der Waals surface area contributed by atoms with E-state index in [9.17, 15) is 14.9 Å². The molecule has 80 valence electrons. The van der Waals surface area contributed by atoms with Crippen molar-refractivity contribution in [2.45, 2.75) is 13.3 Å². The number of rotatable bonds is 5. The summed E-state index contributed by atoms with van der Waals surface area (Å²) in [7, 11) is 0. The molecule has 0 aromatic heterocycles. The summed E-state index contributed by atoms with van der Waals surface area (Å²) in [6.07, 6.45) is 0.398. The van der Waals surface area contributed by atoms with Crippen molar-refractivity contribution in [1.82, 2.24) is 0 Å². The number of nitro groups is 1. The van der Waals surface area contributed by atoms with Gasteiger partial charge in [-0.05, 0) is 6.07 Å².